The Morgan fingerprint density at radius 3 is 2.62 bits per heavy atom. The Kier molecular flexibility index (Phi) is 4.94. The molecule has 2 aromatic carbocycles. The number of amides is 1. The van der Waals surface area contributed by atoms with E-state index >= 15 is 0 Å². The minimum atomic E-state index is 0.0919. The van der Waals surface area contributed by atoms with Gasteiger partial charge >= 0.3 is 0 Å². The third-order valence-corrected chi connectivity index (χ3v) is 4.15. The number of aryl methyl sites for hydroxylation is 1. The molecule has 0 aromatic heterocycles. The van der Waals surface area contributed by atoms with E-state index in [-0.39, 0.29) is 5.91 Å². The fourth-order valence-electron chi connectivity index (χ4n) is 2.75. The Balaban J connectivity index is 1.76. The van der Waals surface area contributed by atoms with Gasteiger partial charge in [0.05, 0.1) is 6.21 Å². The van der Waals surface area contributed by atoms with Crippen LogP contribution >= 0.6 is 0 Å². The van der Waals surface area contributed by atoms with E-state index in [9.17, 15) is 4.79 Å². The molecule has 0 saturated heterocycles. The molecule has 2 aromatic rings. The summed E-state index contributed by atoms with van der Waals surface area (Å²) in [6.45, 7) is 2.74. The average Bonchev–Trinajstić information content (AvgIpc) is 3.43. The number of hydrogen-bond donors (Lipinski definition) is 0. The quantitative estimate of drug-likeness (QED) is 0.600. The maximum atomic E-state index is 12.9. The summed E-state index contributed by atoms with van der Waals surface area (Å²) in [5.74, 6) is 0.0919. The van der Waals surface area contributed by atoms with Crippen LogP contribution in [0.25, 0.3) is 0 Å². The first-order valence-electron chi connectivity index (χ1n) is 8.20. The van der Waals surface area contributed by atoms with Crippen LogP contribution in [0.2, 0.25) is 0 Å². The molecule has 0 N–H and O–H groups in total. The minimum absolute atomic E-state index is 0.0919. The molecule has 0 unspecified atom stereocenters. The summed E-state index contributed by atoms with van der Waals surface area (Å²) in [5, 5.41) is 3.73. The Bertz CT molecular complexity index is 734. The van der Waals surface area contributed by atoms with Crippen LogP contribution in [0.5, 0.6) is 0 Å². The second-order valence-corrected chi connectivity index (χ2v) is 6.19. The number of benzene rings is 2. The van der Waals surface area contributed by atoms with Crippen molar-refractivity contribution in [3.05, 3.63) is 70.8 Å². The second-order valence-electron chi connectivity index (χ2n) is 6.19. The van der Waals surface area contributed by atoms with Crippen molar-refractivity contribution in [2.45, 2.75) is 32.4 Å². The van der Waals surface area contributed by atoms with E-state index in [0.717, 1.165) is 18.4 Å². The van der Waals surface area contributed by atoms with Crippen LogP contribution < -0.4 is 0 Å². The van der Waals surface area contributed by atoms with Crippen molar-refractivity contribution in [3.8, 4) is 0 Å². The lowest BCUT2D eigenvalue weighted by Crippen LogP contribution is -2.32. The van der Waals surface area contributed by atoms with Gasteiger partial charge in [0, 0.05) is 18.2 Å². The van der Waals surface area contributed by atoms with Gasteiger partial charge in [-0.3, -0.25) is 4.79 Å². The van der Waals surface area contributed by atoms with Gasteiger partial charge in [-0.25, -0.2) is 0 Å². The normalized spacial score (nSPS) is 13.9. The number of carbonyl (C=O) groups is 1. The molecule has 4 heteroatoms. The van der Waals surface area contributed by atoms with E-state index in [1.165, 1.54) is 18.2 Å². The van der Waals surface area contributed by atoms with Crippen molar-refractivity contribution in [1.82, 2.24) is 4.90 Å². The highest BCUT2D eigenvalue weighted by molar-refractivity contribution is 5.95. The molecule has 3 rings (SSSR count). The van der Waals surface area contributed by atoms with Crippen LogP contribution in [0, 0.1) is 6.92 Å². The summed E-state index contributed by atoms with van der Waals surface area (Å²) in [5.41, 5.74) is 4.02. The van der Waals surface area contributed by atoms with Crippen molar-refractivity contribution in [2.75, 3.05) is 7.11 Å². The predicted octanol–water partition coefficient (Wildman–Crippen LogP) is 3.78. The predicted molar refractivity (Wildman–Crippen MR) is 95.1 cm³/mol. The SMILES string of the molecule is CO/N=C/c1ccc(C(=O)N(Cc2cccc(C)c2)C2CC2)cc1. The van der Waals surface area contributed by atoms with E-state index in [1.807, 2.05) is 35.2 Å². The number of oxime groups is 1. The third-order valence-electron chi connectivity index (χ3n) is 4.15. The highest BCUT2D eigenvalue weighted by Gasteiger charge is 2.33. The van der Waals surface area contributed by atoms with Crippen LogP contribution in [0.15, 0.2) is 53.7 Å². The summed E-state index contributed by atoms with van der Waals surface area (Å²) in [4.78, 5) is 19.6. The van der Waals surface area contributed by atoms with Crippen LogP contribution in [0.3, 0.4) is 0 Å². The zero-order valence-corrected chi connectivity index (χ0v) is 14.1. The first-order chi connectivity index (χ1) is 11.7. The van der Waals surface area contributed by atoms with E-state index in [1.54, 1.807) is 6.21 Å². The molecule has 0 aliphatic heterocycles. The van der Waals surface area contributed by atoms with Gasteiger partial charge < -0.3 is 9.74 Å². The maximum Gasteiger partial charge on any atom is 0.254 e. The zero-order valence-electron chi connectivity index (χ0n) is 14.1. The van der Waals surface area contributed by atoms with Gasteiger partial charge in [0.25, 0.3) is 5.91 Å². The number of hydrogen-bond acceptors (Lipinski definition) is 3. The highest BCUT2D eigenvalue weighted by atomic mass is 16.6. The largest absolute Gasteiger partial charge is 0.399 e. The molecule has 1 fully saturated rings. The molecular formula is C20H22N2O2. The van der Waals surface area contributed by atoms with Gasteiger partial charge in [0.2, 0.25) is 0 Å². The van der Waals surface area contributed by atoms with Crippen molar-refractivity contribution < 1.29 is 9.63 Å². The molecule has 0 radical (unpaired) electrons. The lowest BCUT2D eigenvalue weighted by molar-refractivity contribution is 0.0730. The van der Waals surface area contributed by atoms with E-state index in [2.05, 4.69) is 35.1 Å². The van der Waals surface area contributed by atoms with E-state index in [0.29, 0.717) is 18.2 Å². The Morgan fingerprint density at radius 2 is 2.00 bits per heavy atom. The summed E-state index contributed by atoms with van der Waals surface area (Å²) < 4.78 is 0. The molecule has 1 saturated carbocycles. The molecule has 0 spiro atoms. The van der Waals surface area contributed by atoms with Crippen LogP contribution in [-0.4, -0.2) is 30.2 Å². The van der Waals surface area contributed by atoms with Crippen LogP contribution in [-0.2, 0) is 11.4 Å². The molecule has 1 aliphatic carbocycles. The molecule has 124 valence electrons. The van der Waals surface area contributed by atoms with Gasteiger partial charge in [-0.15, -0.1) is 0 Å². The van der Waals surface area contributed by atoms with Crippen molar-refractivity contribution >= 4 is 12.1 Å². The van der Waals surface area contributed by atoms with Crippen LogP contribution in [0.1, 0.15) is 39.9 Å². The van der Waals surface area contributed by atoms with Crippen molar-refractivity contribution in [2.24, 2.45) is 5.16 Å². The number of nitrogens with zero attached hydrogens (tertiary/aromatic N) is 2. The fraction of sp³-hybridized carbons (Fsp3) is 0.300. The molecule has 1 aliphatic rings. The lowest BCUT2D eigenvalue weighted by Gasteiger charge is -2.23. The summed E-state index contributed by atoms with van der Waals surface area (Å²) in [7, 11) is 1.51. The third kappa shape index (κ3) is 4.02. The molecule has 0 atom stereocenters. The van der Waals surface area contributed by atoms with E-state index in [4.69, 9.17) is 0 Å². The second kappa shape index (κ2) is 7.30. The van der Waals surface area contributed by atoms with Gasteiger partial charge in [0.1, 0.15) is 7.11 Å². The molecule has 24 heavy (non-hydrogen) atoms. The Morgan fingerprint density at radius 1 is 1.25 bits per heavy atom. The average molecular weight is 322 g/mol. The van der Waals surface area contributed by atoms with E-state index < -0.39 is 0 Å². The summed E-state index contributed by atoms with van der Waals surface area (Å²) in [6.07, 6.45) is 3.81. The monoisotopic (exact) mass is 322 g/mol. The summed E-state index contributed by atoms with van der Waals surface area (Å²) in [6, 6.07) is 16.2. The zero-order chi connectivity index (χ0) is 16.9. The van der Waals surface area contributed by atoms with Crippen molar-refractivity contribution in [1.29, 1.82) is 0 Å². The number of rotatable bonds is 6. The minimum Gasteiger partial charge on any atom is -0.399 e. The Labute approximate surface area is 142 Å². The maximum absolute atomic E-state index is 12.9. The Hall–Kier alpha value is -2.62. The number of carbonyl (C=O) groups excluding carboxylic acids is 1. The molecule has 0 bridgehead atoms. The standard InChI is InChI=1S/C20H22N2O2/c1-15-4-3-5-17(12-15)14-22(19-10-11-19)20(23)18-8-6-16(7-9-18)13-21-24-2/h3-9,12-13,19H,10-11,14H2,1-2H3/b21-13+. The van der Waals surface area contributed by atoms with Crippen LogP contribution in [0.4, 0.5) is 0 Å². The topological polar surface area (TPSA) is 41.9 Å². The fourth-order valence-corrected chi connectivity index (χ4v) is 2.75. The lowest BCUT2D eigenvalue weighted by atomic mass is 10.1. The first-order valence-corrected chi connectivity index (χ1v) is 8.20. The van der Waals surface area contributed by atoms with Gasteiger partial charge in [-0.05, 0) is 43.0 Å². The van der Waals surface area contributed by atoms with Gasteiger partial charge in [-0.1, -0.05) is 47.1 Å². The molecular weight excluding hydrogens is 300 g/mol. The van der Waals surface area contributed by atoms with Crippen molar-refractivity contribution in [3.63, 3.8) is 0 Å². The summed E-state index contributed by atoms with van der Waals surface area (Å²) >= 11 is 0. The molecule has 4 nitrogen and oxygen atoms in total. The highest BCUT2D eigenvalue weighted by Crippen LogP contribution is 2.30. The first kappa shape index (κ1) is 16.2. The van der Waals surface area contributed by atoms with Gasteiger partial charge in [-0.2, -0.15) is 0 Å². The molecule has 0 heterocycles. The molecule has 1 amide bonds. The van der Waals surface area contributed by atoms with Gasteiger partial charge in [0.15, 0.2) is 0 Å². The smallest absolute Gasteiger partial charge is 0.254 e.